The fourth-order valence-corrected chi connectivity index (χ4v) is 3.90. The van der Waals surface area contributed by atoms with Crippen LogP contribution >= 0.6 is 23.2 Å². The Morgan fingerprint density at radius 3 is 2.50 bits per heavy atom. The molecule has 0 spiro atoms. The summed E-state index contributed by atoms with van der Waals surface area (Å²) in [5, 5.41) is 8.67. The van der Waals surface area contributed by atoms with Gasteiger partial charge in [-0.05, 0) is 61.7 Å². The molecule has 164 valence electrons. The van der Waals surface area contributed by atoms with E-state index in [2.05, 4.69) is 17.4 Å². The normalized spacial score (nSPS) is 12.0. The Hall–Kier alpha value is -3.02. The van der Waals surface area contributed by atoms with E-state index in [0.717, 1.165) is 18.5 Å². The average Bonchev–Trinajstić information content (AvgIpc) is 3.41. The Labute approximate surface area is 197 Å². The Balaban J connectivity index is 1.60. The van der Waals surface area contributed by atoms with Crippen molar-refractivity contribution in [2.45, 2.75) is 25.8 Å². The number of rotatable bonds is 7. The molecule has 4 aromatic rings. The molecule has 0 aliphatic carbocycles. The number of carbonyl (C=O) groups excluding carboxylic acids is 1. The first-order valence-corrected chi connectivity index (χ1v) is 11.2. The molecule has 0 aliphatic heterocycles. The van der Waals surface area contributed by atoms with Crippen LogP contribution in [0.15, 0.2) is 72.9 Å². The van der Waals surface area contributed by atoms with Crippen molar-refractivity contribution in [1.82, 2.24) is 19.7 Å². The fraction of sp³-hybridized carbons (Fsp3) is 0.200. The van der Waals surface area contributed by atoms with Gasteiger partial charge in [-0.3, -0.25) is 4.79 Å². The smallest absolute Gasteiger partial charge is 0.270 e. The van der Waals surface area contributed by atoms with Crippen molar-refractivity contribution in [2.75, 3.05) is 0 Å². The number of aryl methyl sites for hydroxylation is 2. The summed E-state index contributed by atoms with van der Waals surface area (Å²) in [4.78, 5) is 13.2. The van der Waals surface area contributed by atoms with Crippen LogP contribution in [-0.4, -0.2) is 26.3 Å². The van der Waals surface area contributed by atoms with E-state index in [1.807, 2.05) is 55.1 Å². The highest BCUT2D eigenvalue weighted by atomic mass is 35.5. The number of amides is 1. The minimum atomic E-state index is -0.190. The first-order chi connectivity index (χ1) is 15.4. The van der Waals surface area contributed by atoms with Gasteiger partial charge in [0, 0.05) is 19.3 Å². The summed E-state index contributed by atoms with van der Waals surface area (Å²) in [6.45, 7) is 2.01. The second-order valence-corrected chi connectivity index (χ2v) is 8.64. The highest BCUT2D eigenvalue weighted by Gasteiger charge is 2.20. The Morgan fingerprint density at radius 2 is 1.81 bits per heavy atom. The zero-order valence-corrected chi connectivity index (χ0v) is 19.4. The molecular formula is C25H24Cl2N4O. The first kappa shape index (κ1) is 22.2. The number of benzene rings is 2. The molecule has 1 amide bonds. The summed E-state index contributed by atoms with van der Waals surface area (Å²) in [7, 11) is 1.94. The van der Waals surface area contributed by atoms with Crippen LogP contribution in [0.25, 0.3) is 17.1 Å². The molecule has 1 unspecified atom stereocenters. The molecule has 0 saturated heterocycles. The number of aromatic nitrogens is 3. The molecule has 2 aromatic carbocycles. The van der Waals surface area contributed by atoms with Crippen molar-refractivity contribution in [1.29, 1.82) is 0 Å². The summed E-state index contributed by atoms with van der Waals surface area (Å²) >= 11 is 12.3. The Bertz CT molecular complexity index is 1230. The number of nitrogens with zero attached hydrogens (tertiary/aromatic N) is 3. The third-order valence-electron chi connectivity index (χ3n) is 5.38. The molecule has 2 heterocycles. The molecule has 1 N–H and O–H groups in total. The first-order valence-electron chi connectivity index (χ1n) is 10.4. The van der Waals surface area contributed by atoms with E-state index in [1.165, 1.54) is 5.56 Å². The molecule has 0 saturated carbocycles. The van der Waals surface area contributed by atoms with Gasteiger partial charge in [0.2, 0.25) is 0 Å². The zero-order chi connectivity index (χ0) is 22.7. The van der Waals surface area contributed by atoms with E-state index >= 15 is 0 Å². The number of carbonyl (C=O) groups is 1. The van der Waals surface area contributed by atoms with Crippen molar-refractivity contribution >= 4 is 29.1 Å². The quantitative estimate of drug-likeness (QED) is 0.366. The van der Waals surface area contributed by atoms with Crippen LogP contribution in [0.3, 0.4) is 0 Å². The van der Waals surface area contributed by atoms with Crippen LogP contribution < -0.4 is 5.32 Å². The number of hydrogen-bond donors (Lipinski definition) is 1. The molecule has 0 aliphatic rings. The van der Waals surface area contributed by atoms with Gasteiger partial charge in [-0.2, -0.15) is 5.10 Å². The second kappa shape index (κ2) is 9.63. The van der Waals surface area contributed by atoms with E-state index in [0.29, 0.717) is 27.1 Å². The predicted molar refractivity (Wildman–Crippen MR) is 130 cm³/mol. The monoisotopic (exact) mass is 466 g/mol. The topological polar surface area (TPSA) is 51.9 Å². The fourth-order valence-electron chi connectivity index (χ4n) is 3.61. The molecule has 0 fully saturated rings. The maximum atomic E-state index is 13.2. The molecule has 0 radical (unpaired) electrons. The molecular weight excluding hydrogens is 443 g/mol. The second-order valence-electron chi connectivity index (χ2n) is 7.83. The minimum absolute atomic E-state index is 0.00153. The lowest BCUT2D eigenvalue weighted by Gasteiger charge is -2.15. The van der Waals surface area contributed by atoms with Crippen molar-refractivity contribution in [2.24, 2.45) is 7.05 Å². The van der Waals surface area contributed by atoms with Gasteiger partial charge in [-0.25, -0.2) is 4.68 Å². The molecule has 5 nitrogen and oxygen atoms in total. The minimum Gasteiger partial charge on any atom is -0.349 e. The predicted octanol–water partition coefficient (Wildman–Crippen LogP) is 5.94. The molecule has 2 aromatic heterocycles. The highest BCUT2D eigenvalue weighted by molar-refractivity contribution is 6.42. The third kappa shape index (κ3) is 4.90. The van der Waals surface area contributed by atoms with Gasteiger partial charge in [0.25, 0.3) is 5.91 Å². The molecule has 4 rings (SSSR count). The third-order valence-corrected chi connectivity index (χ3v) is 6.12. The molecule has 1 atom stereocenters. The van der Waals surface area contributed by atoms with Gasteiger partial charge in [-0.15, -0.1) is 0 Å². The van der Waals surface area contributed by atoms with Gasteiger partial charge in [-0.1, -0.05) is 53.5 Å². The molecule has 7 heteroatoms. The summed E-state index contributed by atoms with van der Waals surface area (Å²) in [5.74, 6) is -0.190. The van der Waals surface area contributed by atoms with E-state index in [4.69, 9.17) is 28.3 Å². The zero-order valence-electron chi connectivity index (χ0n) is 17.9. The summed E-state index contributed by atoms with van der Waals surface area (Å²) < 4.78 is 3.58. The van der Waals surface area contributed by atoms with Crippen LogP contribution in [-0.2, 0) is 13.5 Å². The SMILES string of the molecule is CC(CCc1ccccc1)NC(=O)c1cc(-c2cccn2C)nn1-c1ccc(Cl)c(Cl)c1. The Kier molecular flexibility index (Phi) is 6.68. The van der Waals surface area contributed by atoms with E-state index in [-0.39, 0.29) is 11.9 Å². The maximum absolute atomic E-state index is 13.2. The van der Waals surface area contributed by atoms with E-state index < -0.39 is 0 Å². The number of halogens is 2. The lowest BCUT2D eigenvalue weighted by Crippen LogP contribution is -2.34. The largest absolute Gasteiger partial charge is 0.349 e. The van der Waals surface area contributed by atoms with Crippen LogP contribution in [0.1, 0.15) is 29.4 Å². The molecule has 32 heavy (non-hydrogen) atoms. The van der Waals surface area contributed by atoms with E-state index in [9.17, 15) is 4.79 Å². The van der Waals surface area contributed by atoms with Crippen LogP contribution in [0.2, 0.25) is 10.0 Å². The van der Waals surface area contributed by atoms with Gasteiger partial charge in [0.1, 0.15) is 11.4 Å². The summed E-state index contributed by atoms with van der Waals surface area (Å²) in [6, 6.07) is 21.2. The van der Waals surface area contributed by atoms with Crippen molar-refractivity contribution < 1.29 is 4.79 Å². The molecule has 0 bridgehead atoms. The van der Waals surface area contributed by atoms with Crippen molar-refractivity contribution in [3.8, 4) is 17.1 Å². The van der Waals surface area contributed by atoms with Gasteiger partial charge in [0.15, 0.2) is 0 Å². The number of nitrogens with one attached hydrogen (secondary N) is 1. The van der Waals surface area contributed by atoms with Gasteiger partial charge in [0.05, 0.1) is 21.4 Å². The van der Waals surface area contributed by atoms with Crippen LogP contribution in [0.4, 0.5) is 0 Å². The van der Waals surface area contributed by atoms with Gasteiger partial charge >= 0.3 is 0 Å². The number of hydrogen-bond acceptors (Lipinski definition) is 2. The van der Waals surface area contributed by atoms with Crippen LogP contribution in [0, 0.1) is 0 Å². The standard InChI is InChI=1S/C25H24Cl2N4O/c1-17(10-11-18-7-4-3-5-8-18)28-25(32)24-16-22(23-9-6-14-30(23)2)29-31(24)19-12-13-20(26)21(27)15-19/h3-9,12-17H,10-11H2,1-2H3,(H,28,32). The summed E-state index contributed by atoms with van der Waals surface area (Å²) in [5.41, 5.74) is 3.97. The van der Waals surface area contributed by atoms with Crippen LogP contribution in [0.5, 0.6) is 0 Å². The maximum Gasteiger partial charge on any atom is 0.270 e. The Morgan fingerprint density at radius 1 is 1.03 bits per heavy atom. The lowest BCUT2D eigenvalue weighted by atomic mass is 10.1. The van der Waals surface area contributed by atoms with Crippen molar-refractivity contribution in [3.63, 3.8) is 0 Å². The highest BCUT2D eigenvalue weighted by Crippen LogP contribution is 2.27. The summed E-state index contributed by atoms with van der Waals surface area (Å²) in [6.07, 6.45) is 3.67. The van der Waals surface area contributed by atoms with Gasteiger partial charge < -0.3 is 9.88 Å². The lowest BCUT2D eigenvalue weighted by molar-refractivity contribution is 0.0930. The van der Waals surface area contributed by atoms with Crippen molar-refractivity contribution in [3.05, 3.63) is 94.2 Å². The van der Waals surface area contributed by atoms with E-state index in [1.54, 1.807) is 28.9 Å². The average molecular weight is 467 g/mol.